The molecule has 1 saturated heterocycles. The summed E-state index contributed by atoms with van der Waals surface area (Å²) in [5, 5.41) is 20.5. The van der Waals surface area contributed by atoms with Crippen molar-refractivity contribution in [2.45, 2.75) is 18.9 Å². The Morgan fingerprint density at radius 2 is 2.30 bits per heavy atom. The van der Waals surface area contributed by atoms with Crippen molar-refractivity contribution in [1.29, 1.82) is 5.26 Å². The second-order valence-electron chi connectivity index (χ2n) is 4.71. The van der Waals surface area contributed by atoms with Gasteiger partial charge in [-0.25, -0.2) is 0 Å². The summed E-state index contributed by atoms with van der Waals surface area (Å²) in [6.45, 7) is 0.663. The van der Waals surface area contributed by atoms with E-state index < -0.39 is 12.0 Å². The van der Waals surface area contributed by atoms with Crippen LogP contribution in [0.25, 0.3) is 0 Å². The SMILES string of the molecule is N#Cc1cccc(NC(=O)CN2CCCC2C(=O)O)c1. The molecule has 2 N–H and O–H groups in total. The van der Waals surface area contributed by atoms with E-state index in [-0.39, 0.29) is 12.5 Å². The van der Waals surface area contributed by atoms with Crippen LogP contribution in [0.15, 0.2) is 24.3 Å². The molecule has 0 aliphatic carbocycles. The summed E-state index contributed by atoms with van der Waals surface area (Å²) in [7, 11) is 0. The number of nitrogens with one attached hydrogen (secondary N) is 1. The number of benzene rings is 1. The number of hydrogen-bond acceptors (Lipinski definition) is 4. The molecule has 0 spiro atoms. The van der Waals surface area contributed by atoms with Crippen LogP contribution in [0.2, 0.25) is 0 Å². The van der Waals surface area contributed by atoms with Crippen molar-refractivity contribution in [2.75, 3.05) is 18.4 Å². The monoisotopic (exact) mass is 273 g/mol. The van der Waals surface area contributed by atoms with Crippen LogP contribution in [0.3, 0.4) is 0 Å². The summed E-state index contributed by atoms with van der Waals surface area (Å²) >= 11 is 0. The van der Waals surface area contributed by atoms with E-state index in [4.69, 9.17) is 10.4 Å². The highest BCUT2D eigenvalue weighted by atomic mass is 16.4. The van der Waals surface area contributed by atoms with Gasteiger partial charge in [0.1, 0.15) is 6.04 Å². The molecule has 1 aromatic rings. The topological polar surface area (TPSA) is 93.4 Å². The second-order valence-corrected chi connectivity index (χ2v) is 4.71. The molecule has 0 radical (unpaired) electrons. The maximum absolute atomic E-state index is 11.9. The van der Waals surface area contributed by atoms with Crippen LogP contribution < -0.4 is 5.32 Å². The molecule has 0 bridgehead atoms. The molecular weight excluding hydrogens is 258 g/mol. The third kappa shape index (κ3) is 3.33. The average Bonchev–Trinajstić information content (AvgIpc) is 2.87. The number of amides is 1. The van der Waals surface area contributed by atoms with Gasteiger partial charge in [0.2, 0.25) is 5.91 Å². The van der Waals surface area contributed by atoms with Crippen molar-refractivity contribution in [3.63, 3.8) is 0 Å². The Bertz CT molecular complexity index is 565. The van der Waals surface area contributed by atoms with Crippen molar-refractivity contribution < 1.29 is 14.7 Å². The molecule has 0 saturated carbocycles. The average molecular weight is 273 g/mol. The standard InChI is InChI=1S/C14H15N3O3/c15-8-10-3-1-4-11(7-10)16-13(18)9-17-6-2-5-12(17)14(19)20/h1,3-4,7,12H,2,5-6,9H2,(H,16,18)(H,19,20). The summed E-state index contributed by atoms with van der Waals surface area (Å²) in [4.78, 5) is 24.6. The lowest BCUT2D eigenvalue weighted by Gasteiger charge is -2.20. The molecule has 1 aromatic carbocycles. The lowest BCUT2D eigenvalue weighted by Crippen LogP contribution is -2.40. The van der Waals surface area contributed by atoms with Crippen LogP contribution in [-0.2, 0) is 9.59 Å². The minimum atomic E-state index is -0.887. The van der Waals surface area contributed by atoms with Gasteiger partial charge < -0.3 is 10.4 Å². The van der Waals surface area contributed by atoms with Crippen LogP contribution in [0.5, 0.6) is 0 Å². The Morgan fingerprint density at radius 3 is 3.00 bits per heavy atom. The van der Waals surface area contributed by atoms with E-state index in [1.807, 2.05) is 6.07 Å². The van der Waals surface area contributed by atoms with E-state index in [1.165, 1.54) is 0 Å². The van der Waals surface area contributed by atoms with Gasteiger partial charge in [0.05, 0.1) is 18.2 Å². The number of carbonyl (C=O) groups is 2. The number of nitriles is 1. The van der Waals surface area contributed by atoms with Crippen LogP contribution in [0, 0.1) is 11.3 Å². The Balaban J connectivity index is 1.95. The highest BCUT2D eigenvalue weighted by Gasteiger charge is 2.31. The molecule has 1 unspecified atom stereocenters. The predicted octanol–water partition coefficient (Wildman–Crippen LogP) is 1.05. The van der Waals surface area contributed by atoms with Crippen molar-refractivity contribution >= 4 is 17.6 Å². The molecule has 104 valence electrons. The Kier molecular flexibility index (Phi) is 4.33. The molecule has 6 heteroatoms. The normalized spacial score (nSPS) is 18.4. The van der Waals surface area contributed by atoms with Gasteiger partial charge in [0, 0.05) is 5.69 Å². The first-order chi connectivity index (χ1) is 9.60. The van der Waals surface area contributed by atoms with Crippen molar-refractivity contribution in [1.82, 2.24) is 4.90 Å². The smallest absolute Gasteiger partial charge is 0.320 e. The number of carboxylic acids is 1. The summed E-state index contributed by atoms with van der Waals surface area (Å²) in [6.07, 6.45) is 1.36. The molecule has 20 heavy (non-hydrogen) atoms. The van der Waals surface area contributed by atoms with E-state index in [9.17, 15) is 9.59 Å². The zero-order valence-corrected chi connectivity index (χ0v) is 10.9. The third-order valence-corrected chi connectivity index (χ3v) is 3.27. The number of anilines is 1. The van der Waals surface area contributed by atoms with Gasteiger partial charge >= 0.3 is 5.97 Å². The van der Waals surface area contributed by atoms with Gasteiger partial charge in [-0.3, -0.25) is 14.5 Å². The number of rotatable bonds is 4. The summed E-state index contributed by atoms with van der Waals surface area (Å²) in [6, 6.07) is 8.02. The fourth-order valence-corrected chi connectivity index (χ4v) is 2.35. The molecule has 1 atom stereocenters. The molecule has 1 fully saturated rings. The van der Waals surface area contributed by atoms with Gasteiger partial charge in [0.25, 0.3) is 0 Å². The quantitative estimate of drug-likeness (QED) is 0.855. The summed E-state index contributed by atoms with van der Waals surface area (Å²) in [5.74, 6) is -1.16. The first-order valence-electron chi connectivity index (χ1n) is 6.37. The Morgan fingerprint density at radius 1 is 1.50 bits per heavy atom. The lowest BCUT2D eigenvalue weighted by molar-refractivity contribution is -0.142. The number of nitrogens with zero attached hydrogens (tertiary/aromatic N) is 2. The van der Waals surface area contributed by atoms with Gasteiger partial charge in [0.15, 0.2) is 0 Å². The molecule has 1 aliphatic heterocycles. The molecule has 0 aromatic heterocycles. The summed E-state index contributed by atoms with van der Waals surface area (Å²) in [5.41, 5.74) is 1.01. The zero-order valence-electron chi connectivity index (χ0n) is 10.9. The largest absolute Gasteiger partial charge is 0.480 e. The van der Waals surface area contributed by atoms with E-state index in [0.717, 1.165) is 6.42 Å². The van der Waals surface area contributed by atoms with Gasteiger partial charge in [-0.1, -0.05) is 6.07 Å². The van der Waals surface area contributed by atoms with Crippen molar-refractivity contribution in [3.05, 3.63) is 29.8 Å². The Hall–Kier alpha value is -2.39. The number of likely N-dealkylation sites (tertiary alicyclic amines) is 1. The summed E-state index contributed by atoms with van der Waals surface area (Å²) < 4.78 is 0. The van der Waals surface area contributed by atoms with Gasteiger partial charge in [-0.15, -0.1) is 0 Å². The number of carboxylic acid groups (broad SMARTS) is 1. The first-order valence-corrected chi connectivity index (χ1v) is 6.37. The van der Waals surface area contributed by atoms with E-state index >= 15 is 0 Å². The molecule has 6 nitrogen and oxygen atoms in total. The highest BCUT2D eigenvalue weighted by Crippen LogP contribution is 2.17. The minimum absolute atomic E-state index is 0.0494. The van der Waals surface area contributed by atoms with Crippen molar-refractivity contribution in [2.24, 2.45) is 0 Å². The highest BCUT2D eigenvalue weighted by molar-refractivity contribution is 5.92. The Labute approximate surface area is 116 Å². The first kappa shape index (κ1) is 14.0. The van der Waals surface area contributed by atoms with Crippen LogP contribution in [0.1, 0.15) is 18.4 Å². The second kappa shape index (κ2) is 6.17. The number of carbonyl (C=O) groups excluding carboxylic acids is 1. The molecular formula is C14H15N3O3. The molecule has 2 rings (SSSR count). The maximum atomic E-state index is 11.9. The maximum Gasteiger partial charge on any atom is 0.320 e. The fourth-order valence-electron chi connectivity index (χ4n) is 2.35. The van der Waals surface area contributed by atoms with E-state index in [0.29, 0.717) is 24.2 Å². The van der Waals surface area contributed by atoms with Gasteiger partial charge in [-0.2, -0.15) is 5.26 Å². The molecule has 1 aliphatic rings. The molecule has 1 heterocycles. The lowest BCUT2D eigenvalue weighted by atomic mass is 10.2. The van der Waals surface area contributed by atoms with Crippen LogP contribution in [0.4, 0.5) is 5.69 Å². The van der Waals surface area contributed by atoms with Crippen LogP contribution >= 0.6 is 0 Å². The number of hydrogen-bond donors (Lipinski definition) is 2. The van der Waals surface area contributed by atoms with Gasteiger partial charge in [-0.05, 0) is 37.6 Å². The third-order valence-electron chi connectivity index (χ3n) is 3.27. The number of aliphatic carboxylic acids is 1. The minimum Gasteiger partial charge on any atom is -0.480 e. The molecule has 1 amide bonds. The predicted molar refractivity (Wildman–Crippen MR) is 72.0 cm³/mol. The van der Waals surface area contributed by atoms with E-state index in [1.54, 1.807) is 29.2 Å². The van der Waals surface area contributed by atoms with Crippen molar-refractivity contribution in [3.8, 4) is 6.07 Å². The van der Waals surface area contributed by atoms with Crippen LogP contribution in [-0.4, -0.2) is 41.0 Å². The zero-order chi connectivity index (χ0) is 14.5. The fraction of sp³-hybridized carbons (Fsp3) is 0.357. The van der Waals surface area contributed by atoms with E-state index in [2.05, 4.69) is 5.32 Å².